The average molecular weight is 452 g/mol. The van der Waals surface area contributed by atoms with E-state index in [-0.39, 0.29) is 12.1 Å². The monoisotopic (exact) mass is 451 g/mol. The topological polar surface area (TPSA) is 111 Å². The summed E-state index contributed by atoms with van der Waals surface area (Å²) in [5, 5.41) is 16.8. The van der Waals surface area contributed by atoms with Gasteiger partial charge in [0.25, 0.3) is 0 Å². The van der Waals surface area contributed by atoms with E-state index in [9.17, 15) is 5.11 Å². The van der Waals surface area contributed by atoms with Gasteiger partial charge in [0.05, 0.1) is 35.9 Å². The van der Waals surface area contributed by atoms with Crippen molar-refractivity contribution in [1.29, 1.82) is 0 Å². The second-order valence-corrected chi connectivity index (χ2v) is 8.92. The standard InChI is InChI=1S/C24H33N7O2/c1-2-9-25-24-26-15-19(22(30-24)27-16-3-6-18(32)7-4-16)23-28-20-8-5-17(14-21(20)29-23)31-10-12-33-13-11-31/h5,8,14-16,18,32H,2-4,6-7,9-13H2,1H3,(H,28,29)(H2,25,26,27,30). The molecule has 0 amide bonds. The summed E-state index contributed by atoms with van der Waals surface area (Å²) in [4.78, 5) is 20.0. The van der Waals surface area contributed by atoms with E-state index < -0.39 is 0 Å². The van der Waals surface area contributed by atoms with Gasteiger partial charge >= 0.3 is 0 Å². The highest BCUT2D eigenvalue weighted by Gasteiger charge is 2.22. The van der Waals surface area contributed by atoms with Crippen LogP contribution in [-0.2, 0) is 4.74 Å². The number of imidazole rings is 1. The summed E-state index contributed by atoms with van der Waals surface area (Å²) >= 11 is 0. The lowest BCUT2D eigenvalue weighted by atomic mass is 9.93. The van der Waals surface area contributed by atoms with E-state index >= 15 is 0 Å². The number of nitrogens with one attached hydrogen (secondary N) is 3. The van der Waals surface area contributed by atoms with Crippen LogP contribution in [0, 0.1) is 0 Å². The Morgan fingerprint density at radius 3 is 2.76 bits per heavy atom. The van der Waals surface area contributed by atoms with Gasteiger partial charge in [-0.2, -0.15) is 4.98 Å². The fraction of sp³-hybridized carbons (Fsp3) is 0.542. The molecule has 0 spiro atoms. The first kappa shape index (κ1) is 21.9. The molecular weight excluding hydrogens is 418 g/mol. The van der Waals surface area contributed by atoms with Crippen LogP contribution in [0.3, 0.4) is 0 Å². The van der Waals surface area contributed by atoms with E-state index in [0.29, 0.717) is 5.95 Å². The van der Waals surface area contributed by atoms with Gasteiger partial charge in [-0.1, -0.05) is 6.92 Å². The van der Waals surface area contributed by atoms with Gasteiger partial charge < -0.3 is 30.4 Å². The molecule has 0 bridgehead atoms. The molecule has 176 valence electrons. The molecule has 9 nitrogen and oxygen atoms in total. The van der Waals surface area contributed by atoms with Crippen LogP contribution in [0.4, 0.5) is 17.5 Å². The summed E-state index contributed by atoms with van der Waals surface area (Å²) in [6, 6.07) is 6.63. The Morgan fingerprint density at radius 1 is 1.15 bits per heavy atom. The van der Waals surface area contributed by atoms with E-state index in [0.717, 1.165) is 93.2 Å². The van der Waals surface area contributed by atoms with Gasteiger partial charge in [-0.15, -0.1) is 0 Å². The molecule has 9 heteroatoms. The van der Waals surface area contributed by atoms with Crippen molar-refractivity contribution in [2.24, 2.45) is 0 Å². The highest BCUT2D eigenvalue weighted by atomic mass is 16.5. The number of aliphatic hydroxyl groups excluding tert-OH is 1. The highest BCUT2D eigenvalue weighted by molar-refractivity contribution is 5.84. The molecule has 0 radical (unpaired) electrons. The van der Waals surface area contributed by atoms with E-state index in [1.54, 1.807) is 0 Å². The SMILES string of the molecule is CCCNc1ncc(-c2nc3cc(N4CCOCC4)ccc3[nH]2)c(NC2CCC(O)CC2)n1. The number of morpholine rings is 1. The van der Waals surface area contributed by atoms with Crippen LogP contribution in [0.2, 0.25) is 0 Å². The molecule has 5 rings (SSSR count). The average Bonchev–Trinajstić information content (AvgIpc) is 3.28. The zero-order valence-corrected chi connectivity index (χ0v) is 19.2. The third kappa shape index (κ3) is 5.04. The van der Waals surface area contributed by atoms with Crippen molar-refractivity contribution in [3.05, 3.63) is 24.4 Å². The van der Waals surface area contributed by atoms with Crippen molar-refractivity contribution < 1.29 is 9.84 Å². The number of nitrogens with zero attached hydrogens (tertiary/aromatic N) is 4. The van der Waals surface area contributed by atoms with Gasteiger partial charge in [0.1, 0.15) is 11.6 Å². The Labute approximate surface area is 194 Å². The fourth-order valence-electron chi connectivity index (χ4n) is 4.54. The maximum absolute atomic E-state index is 9.88. The number of ether oxygens (including phenoxy) is 1. The number of hydrogen-bond donors (Lipinski definition) is 4. The van der Waals surface area contributed by atoms with Crippen LogP contribution in [0.25, 0.3) is 22.4 Å². The lowest BCUT2D eigenvalue weighted by Gasteiger charge is -2.28. The van der Waals surface area contributed by atoms with E-state index in [1.807, 2.05) is 6.20 Å². The first-order valence-electron chi connectivity index (χ1n) is 12.1. The van der Waals surface area contributed by atoms with Crippen molar-refractivity contribution in [2.45, 2.75) is 51.2 Å². The third-order valence-corrected chi connectivity index (χ3v) is 6.46. The van der Waals surface area contributed by atoms with Crippen molar-refractivity contribution in [3.63, 3.8) is 0 Å². The quantitative estimate of drug-likeness (QED) is 0.433. The molecular formula is C24H33N7O2. The number of aliphatic hydroxyl groups is 1. The molecule has 1 aliphatic heterocycles. The molecule has 33 heavy (non-hydrogen) atoms. The largest absolute Gasteiger partial charge is 0.393 e. The Balaban J connectivity index is 1.44. The first-order valence-corrected chi connectivity index (χ1v) is 12.1. The molecule has 1 aliphatic carbocycles. The van der Waals surface area contributed by atoms with Crippen LogP contribution in [0.1, 0.15) is 39.0 Å². The number of hydrogen-bond acceptors (Lipinski definition) is 8. The minimum absolute atomic E-state index is 0.189. The lowest BCUT2D eigenvalue weighted by molar-refractivity contribution is 0.122. The van der Waals surface area contributed by atoms with Gasteiger partial charge in [-0.05, 0) is 50.3 Å². The van der Waals surface area contributed by atoms with Crippen molar-refractivity contribution in [2.75, 3.05) is 48.4 Å². The summed E-state index contributed by atoms with van der Waals surface area (Å²) in [5.74, 6) is 2.15. The first-order chi connectivity index (χ1) is 16.2. The number of aromatic nitrogens is 4. The minimum Gasteiger partial charge on any atom is -0.393 e. The molecule has 1 aromatic carbocycles. The maximum atomic E-state index is 9.88. The van der Waals surface area contributed by atoms with Gasteiger partial charge in [-0.25, -0.2) is 9.97 Å². The van der Waals surface area contributed by atoms with Crippen molar-refractivity contribution in [3.8, 4) is 11.4 Å². The number of anilines is 3. The number of rotatable bonds is 7. The molecule has 1 saturated carbocycles. The molecule has 3 heterocycles. The van der Waals surface area contributed by atoms with Crippen LogP contribution in [0.15, 0.2) is 24.4 Å². The zero-order chi connectivity index (χ0) is 22.6. The minimum atomic E-state index is -0.189. The van der Waals surface area contributed by atoms with Crippen molar-refractivity contribution >= 4 is 28.5 Å². The molecule has 3 aromatic rings. The predicted octanol–water partition coefficient (Wildman–Crippen LogP) is 3.39. The number of H-pyrrole nitrogens is 1. The smallest absolute Gasteiger partial charge is 0.224 e. The molecule has 4 N–H and O–H groups in total. The summed E-state index contributed by atoms with van der Waals surface area (Å²) < 4.78 is 5.48. The van der Waals surface area contributed by atoms with Crippen molar-refractivity contribution in [1.82, 2.24) is 19.9 Å². The van der Waals surface area contributed by atoms with Crippen LogP contribution >= 0.6 is 0 Å². The zero-order valence-electron chi connectivity index (χ0n) is 19.2. The highest BCUT2D eigenvalue weighted by Crippen LogP contribution is 2.31. The van der Waals surface area contributed by atoms with Gasteiger partial charge in [0.2, 0.25) is 5.95 Å². The summed E-state index contributed by atoms with van der Waals surface area (Å²) in [7, 11) is 0. The molecule has 2 aliphatic rings. The molecule has 0 unspecified atom stereocenters. The fourth-order valence-corrected chi connectivity index (χ4v) is 4.54. The Bertz CT molecular complexity index is 1070. The van der Waals surface area contributed by atoms with E-state index in [4.69, 9.17) is 14.7 Å². The summed E-state index contributed by atoms with van der Waals surface area (Å²) in [6.45, 7) is 6.25. The van der Waals surface area contributed by atoms with Gasteiger partial charge in [0.15, 0.2) is 0 Å². The number of aromatic amines is 1. The van der Waals surface area contributed by atoms with Gasteiger partial charge in [-0.3, -0.25) is 0 Å². The normalized spacial score (nSPS) is 21.3. The van der Waals surface area contributed by atoms with E-state index in [2.05, 4.69) is 50.6 Å². The summed E-state index contributed by atoms with van der Waals surface area (Å²) in [6.07, 6.45) is 6.12. The van der Waals surface area contributed by atoms with Gasteiger partial charge in [0, 0.05) is 37.6 Å². The maximum Gasteiger partial charge on any atom is 0.224 e. The lowest BCUT2D eigenvalue weighted by Crippen LogP contribution is -2.36. The molecule has 2 fully saturated rings. The Hall–Kier alpha value is -2.91. The van der Waals surface area contributed by atoms with E-state index in [1.165, 1.54) is 5.69 Å². The molecule has 1 saturated heterocycles. The van der Waals surface area contributed by atoms with Crippen LogP contribution in [0.5, 0.6) is 0 Å². The van der Waals surface area contributed by atoms with Crippen LogP contribution < -0.4 is 15.5 Å². The molecule has 2 aromatic heterocycles. The van der Waals surface area contributed by atoms with Crippen LogP contribution in [-0.4, -0.2) is 70.0 Å². The predicted molar refractivity (Wildman–Crippen MR) is 131 cm³/mol. The Kier molecular flexibility index (Phi) is 6.59. The third-order valence-electron chi connectivity index (χ3n) is 6.46. The number of benzene rings is 1. The second-order valence-electron chi connectivity index (χ2n) is 8.92. The second kappa shape index (κ2) is 9.93. The Morgan fingerprint density at radius 2 is 1.97 bits per heavy atom. The molecule has 0 atom stereocenters. The summed E-state index contributed by atoms with van der Waals surface area (Å²) in [5.41, 5.74) is 3.93. The number of fused-ring (bicyclic) bond motifs is 1.